The van der Waals surface area contributed by atoms with Crippen LogP contribution in [0, 0.1) is 0 Å². The predicted molar refractivity (Wildman–Crippen MR) is 129 cm³/mol. The van der Waals surface area contributed by atoms with Crippen molar-refractivity contribution in [2.75, 3.05) is 21.3 Å². The molecule has 0 unspecified atom stereocenters. The summed E-state index contributed by atoms with van der Waals surface area (Å²) >= 11 is 0. The molecule has 0 bridgehead atoms. The van der Waals surface area contributed by atoms with E-state index in [9.17, 15) is 9.59 Å². The monoisotopic (exact) mass is 446 g/mol. The Morgan fingerprint density at radius 1 is 0.758 bits per heavy atom. The van der Waals surface area contributed by atoms with Gasteiger partial charge in [0.15, 0.2) is 5.92 Å². The van der Waals surface area contributed by atoms with E-state index in [-0.39, 0.29) is 0 Å². The highest BCUT2D eigenvalue weighted by atomic mass is 16.5. The van der Waals surface area contributed by atoms with Gasteiger partial charge in [-0.3, -0.25) is 9.59 Å². The number of benzene rings is 3. The van der Waals surface area contributed by atoms with Gasteiger partial charge in [0.1, 0.15) is 5.75 Å². The Kier molecular flexibility index (Phi) is 6.97. The Bertz CT molecular complexity index is 1140. The molecule has 0 N–H and O–H groups in total. The quantitative estimate of drug-likeness (QED) is 0.344. The van der Waals surface area contributed by atoms with Gasteiger partial charge in [0.05, 0.1) is 21.3 Å². The van der Waals surface area contributed by atoms with Gasteiger partial charge in [-0.15, -0.1) is 0 Å². The Hall–Kier alpha value is -3.34. The summed E-state index contributed by atoms with van der Waals surface area (Å²) in [6.07, 6.45) is 6.28. The molecule has 0 amide bonds. The summed E-state index contributed by atoms with van der Waals surface area (Å²) in [7, 11) is 4.27. The van der Waals surface area contributed by atoms with E-state index in [0.717, 1.165) is 27.6 Å². The topological polar surface area (TPSA) is 61.8 Å². The summed E-state index contributed by atoms with van der Waals surface area (Å²) in [4.78, 5) is 24.3. The Labute approximate surface area is 194 Å². The van der Waals surface area contributed by atoms with Gasteiger partial charge in [-0.2, -0.15) is 0 Å². The van der Waals surface area contributed by atoms with E-state index in [4.69, 9.17) is 14.2 Å². The van der Waals surface area contributed by atoms with E-state index >= 15 is 0 Å². The summed E-state index contributed by atoms with van der Waals surface area (Å²) in [5.74, 6) is -0.848. The number of carbonyl (C=O) groups is 2. The number of rotatable bonds is 6. The van der Waals surface area contributed by atoms with Crippen LogP contribution in [-0.2, 0) is 19.1 Å². The smallest absolute Gasteiger partial charge is 0.324 e. The van der Waals surface area contributed by atoms with E-state index in [1.165, 1.54) is 51.9 Å². The zero-order valence-corrected chi connectivity index (χ0v) is 19.4. The maximum absolute atomic E-state index is 12.2. The van der Waals surface area contributed by atoms with Crippen LogP contribution in [0.1, 0.15) is 55.1 Å². The largest absolute Gasteiger partial charge is 0.496 e. The van der Waals surface area contributed by atoms with Gasteiger partial charge >= 0.3 is 11.9 Å². The lowest BCUT2D eigenvalue weighted by molar-refractivity contribution is -0.154. The molecule has 0 radical (unpaired) electrons. The Balaban J connectivity index is 1.69. The average molecular weight is 447 g/mol. The molecule has 1 fully saturated rings. The fourth-order valence-corrected chi connectivity index (χ4v) is 4.87. The summed E-state index contributed by atoms with van der Waals surface area (Å²) in [6, 6.07) is 18.2. The molecular weight excluding hydrogens is 416 g/mol. The normalized spacial score (nSPS) is 14.3. The van der Waals surface area contributed by atoms with E-state index in [2.05, 4.69) is 30.3 Å². The molecule has 1 aliphatic carbocycles. The molecule has 1 aliphatic rings. The number of fused-ring (bicyclic) bond motifs is 1. The van der Waals surface area contributed by atoms with Crippen molar-refractivity contribution in [3.8, 4) is 16.9 Å². The number of hydrogen-bond donors (Lipinski definition) is 0. The number of hydrogen-bond acceptors (Lipinski definition) is 5. The third-order valence-corrected chi connectivity index (χ3v) is 6.68. The maximum atomic E-state index is 12.2. The third-order valence-electron chi connectivity index (χ3n) is 6.68. The van der Waals surface area contributed by atoms with Gasteiger partial charge in [-0.1, -0.05) is 49.6 Å². The van der Waals surface area contributed by atoms with Crippen LogP contribution in [0.3, 0.4) is 0 Å². The van der Waals surface area contributed by atoms with Gasteiger partial charge in [0.25, 0.3) is 0 Å². The van der Waals surface area contributed by atoms with E-state index in [0.29, 0.717) is 11.5 Å². The first kappa shape index (κ1) is 22.8. The molecule has 0 aromatic heterocycles. The zero-order valence-electron chi connectivity index (χ0n) is 19.4. The fraction of sp³-hybridized carbons (Fsp3) is 0.357. The van der Waals surface area contributed by atoms with Crippen molar-refractivity contribution in [2.45, 2.75) is 43.9 Å². The summed E-state index contributed by atoms with van der Waals surface area (Å²) in [5, 5.41) is 1.97. The first-order valence-electron chi connectivity index (χ1n) is 11.4. The summed E-state index contributed by atoms with van der Waals surface area (Å²) in [5.41, 5.74) is 4.12. The number of esters is 2. The van der Waals surface area contributed by atoms with Crippen LogP contribution in [0.2, 0.25) is 0 Å². The number of ether oxygens (including phenoxy) is 3. The molecular formula is C28H30O5. The molecule has 1 saturated carbocycles. The van der Waals surface area contributed by atoms with Crippen LogP contribution in [0.5, 0.6) is 5.75 Å². The number of methoxy groups -OCH3 is 3. The van der Waals surface area contributed by atoms with Gasteiger partial charge in [0.2, 0.25) is 0 Å². The van der Waals surface area contributed by atoms with Crippen LogP contribution in [-0.4, -0.2) is 33.3 Å². The summed E-state index contributed by atoms with van der Waals surface area (Å²) in [6.45, 7) is 0. The molecule has 0 spiro atoms. The van der Waals surface area contributed by atoms with E-state index in [1.54, 1.807) is 13.2 Å². The SMILES string of the molecule is COC(=O)C(C(=O)OC)c1ccc2cc(-c3ccc(OC)c(C4CCCCC4)c3)ccc2c1. The lowest BCUT2D eigenvalue weighted by atomic mass is 9.82. The molecule has 3 aromatic carbocycles. The molecule has 0 aliphatic heterocycles. The van der Waals surface area contributed by atoms with Crippen LogP contribution >= 0.6 is 0 Å². The molecule has 0 saturated heterocycles. The van der Waals surface area contributed by atoms with Gasteiger partial charge < -0.3 is 14.2 Å². The van der Waals surface area contributed by atoms with E-state index < -0.39 is 17.9 Å². The van der Waals surface area contributed by atoms with Gasteiger partial charge in [-0.25, -0.2) is 0 Å². The third kappa shape index (κ3) is 4.72. The van der Waals surface area contributed by atoms with Crippen molar-refractivity contribution in [1.82, 2.24) is 0 Å². The highest BCUT2D eigenvalue weighted by Gasteiger charge is 2.30. The minimum absolute atomic E-state index is 0.547. The predicted octanol–water partition coefficient (Wildman–Crippen LogP) is 5.99. The lowest BCUT2D eigenvalue weighted by Crippen LogP contribution is -2.24. The van der Waals surface area contributed by atoms with Crippen molar-refractivity contribution >= 4 is 22.7 Å². The molecule has 33 heavy (non-hydrogen) atoms. The van der Waals surface area contributed by atoms with Crippen molar-refractivity contribution in [1.29, 1.82) is 0 Å². The van der Waals surface area contributed by atoms with Crippen LogP contribution < -0.4 is 4.74 Å². The Morgan fingerprint density at radius 3 is 2.03 bits per heavy atom. The first-order chi connectivity index (χ1) is 16.0. The van der Waals surface area contributed by atoms with Crippen molar-refractivity contribution in [3.05, 3.63) is 65.7 Å². The highest BCUT2D eigenvalue weighted by molar-refractivity contribution is 6.02. The zero-order chi connectivity index (χ0) is 23.4. The van der Waals surface area contributed by atoms with Crippen molar-refractivity contribution in [2.24, 2.45) is 0 Å². The Morgan fingerprint density at radius 2 is 1.36 bits per heavy atom. The highest BCUT2D eigenvalue weighted by Crippen LogP contribution is 2.40. The molecule has 3 aromatic rings. The molecule has 4 rings (SSSR count). The van der Waals surface area contributed by atoms with Gasteiger partial charge in [-0.05, 0) is 76.1 Å². The second-order valence-corrected chi connectivity index (χ2v) is 8.59. The fourth-order valence-electron chi connectivity index (χ4n) is 4.87. The lowest BCUT2D eigenvalue weighted by Gasteiger charge is -2.24. The van der Waals surface area contributed by atoms with Crippen LogP contribution in [0.25, 0.3) is 21.9 Å². The first-order valence-corrected chi connectivity index (χ1v) is 11.4. The second kappa shape index (κ2) is 10.1. The molecule has 0 atom stereocenters. The minimum Gasteiger partial charge on any atom is -0.496 e. The van der Waals surface area contributed by atoms with Crippen LogP contribution in [0.15, 0.2) is 54.6 Å². The van der Waals surface area contributed by atoms with Gasteiger partial charge in [0, 0.05) is 0 Å². The second-order valence-electron chi connectivity index (χ2n) is 8.59. The standard InChI is InChI=1S/C28H30O5/c1-31-25-14-13-22(17-24(25)18-7-5-4-6-8-18)20-9-10-21-16-23(12-11-19(21)15-20)26(27(29)32-2)28(30)33-3/h9-18,26H,4-8H2,1-3H3. The minimum atomic E-state index is -1.09. The molecule has 0 heterocycles. The van der Waals surface area contributed by atoms with Crippen molar-refractivity contribution in [3.63, 3.8) is 0 Å². The average Bonchev–Trinajstić information content (AvgIpc) is 2.88. The molecule has 5 nitrogen and oxygen atoms in total. The summed E-state index contributed by atoms with van der Waals surface area (Å²) < 4.78 is 15.3. The molecule has 5 heteroatoms. The maximum Gasteiger partial charge on any atom is 0.324 e. The van der Waals surface area contributed by atoms with Crippen molar-refractivity contribution < 1.29 is 23.8 Å². The van der Waals surface area contributed by atoms with Crippen LogP contribution in [0.4, 0.5) is 0 Å². The van der Waals surface area contributed by atoms with E-state index in [1.807, 2.05) is 18.2 Å². The number of carbonyl (C=O) groups excluding carboxylic acids is 2. The molecule has 172 valence electrons.